The number of esters is 1. The number of carbonyl (C=O) groups is 1. The van der Waals surface area contributed by atoms with Gasteiger partial charge in [-0.3, -0.25) is 14.6 Å². The van der Waals surface area contributed by atoms with Crippen molar-refractivity contribution in [1.29, 1.82) is 0 Å². The maximum Gasteiger partial charge on any atom is 0.306 e. The zero-order valence-electron chi connectivity index (χ0n) is 17.1. The van der Waals surface area contributed by atoms with Crippen LogP contribution in [0.3, 0.4) is 0 Å². The molecule has 0 bridgehead atoms. The van der Waals surface area contributed by atoms with Crippen LogP contribution >= 0.6 is 11.3 Å². The fraction of sp³-hybridized carbons (Fsp3) is 0.333. The Balaban J connectivity index is 2.02. The van der Waals surface area contributed by atoms with Gasteiger partial charge in [-0.25, -0.2) is 8.42 Å². The lowest BCUT2D eigenvalue weighted by molar-refractivity contribution is -0.154. The molecule has 1 aromatic carbocycles. The molecule has 0 atom stereocenters. The van der Waals surface area contributed by atoms with Crippen LogP contribution in [0.4, 0.5) is 0 Å². The van der Waals surface area contributed by atoms with Crippen LogP contribution in [0.1, 0.15) is 32.9 Å². The highest BCUT2D eigenvalue weighted by molar-refractivity contribution is 7.90. The molecule has 0 amide bonds. The Labute approximate surface area is 178 Å². The van der Waals surface area contributed by atoms with Crippen molar-refractivity contribution in [2.45, 2.75) is 44.1 Å². The molecular weight excluding hydrogens is 424 g/mol. The largest absolute Gasteiger partial charge is 0.460 e. The Morgan fingerprint density at radius 2 is 1.83 bits per heavy atom. The van der Waals surface area contributed by atoms with Crippen molar-refractivity contribution in [1.82, 2.24) is 9.97 Å². The van der Waals surface area contributed by atoms with Crippen LogP contribution in [0.25, 0.3) is 20.8 Å². The molecule has 0 aliphatic rings. The summed E-state index contributed by atoms with van der Waals surface area (Å²) in [5.41, 5.74) is -0.314. The summed E-state index contributed by atoms with van der Waals surface area (Å²) < 4.78 is 30.4. The van der Waals surface area contributed by atoms with E-state index in [1.165, 1.54) is 23.5 Å². The number of sulfone groups is 1. The van der Waals surface area contributed by atoms with E-state index < -0.39 is 27.0 Å². The Hall–Kier alpha value is -2.65. The van der Waals surface area contributed by atoms with Crippen molar-refractivity contribution in [2.75, 3.05) is 6.26 Å². The molecule has 3 aromatic rings. The van der Waals surface area contributed by atoms with Gasteiger partial charge in [0.25, 0.3) is 5.56 Å². The molecule has 0 unspecified atom stereocenters. The molecule has 158 valence electrons. The van der Waals surface area contributed by atoms with Gasteiger partial charge >= 0.3 is 5.97 Å². The first kappa shape index (κ1) is 22.0. The second-order valence-corrected chi connectivity index (χ2v) is 10.9. The monoisotopic (exact) mass is 446 g/mol. The van der Waals surface area contributed by atoms with E-state index in [4.69, 9.17) is 4.74 Å². The number of fused-ring (bicyclic) bond motifs is 1. The van der Waals surface area contributed by atoms with E-state index in [1.807, 2.05) is 6.07 Å². The second-order valence-electron chi connectivity index (χ2n) is 7.86. The Kier molecular flexibility index (Phi) is 6.05. The van der Waals surface area contributed by atoms with E-state index in [2.05, 4.69) is 9.97 Å². The van der Waals surface area contributed by atoms with E-state index in [0.717, 1.165) is 11.0 Å². The molecule has 0 radical (unpaired) electrons. The molecule has 0 aliphatic heterocycles. The van der Waals surface area contributed by atoms with Crippen molar-refractivity contribution in [3.63, 3.8) is 0 Å². The van der Waals surface area contributed by atoms with Crippen LogP contribution in [0.2, 0.25) is 0 Å². The SMILES string of the molecule is CC(C)(C)OC(=O)CCc1cc(S(C)(=O)=O)cc(-c2nc(=O)c3ccccc3s2)n1. The molecule has 2 aromatic heterocycles. The molecule has 7 nitrogen and oxygen atoms in total. The molecule has 0 saturated carbocycles. The predicted octanol–water partition coefficient (Wildman–Crippen LogP) is 3.40. The van der Waals surface area contributed by atoms with E-state index in [1.54, 1.807) is 39.0 Å². The number of nitrogens with zero attached hydrogens (tertiary/aromatic N) is 2. The van der Waals surface area contributed by atoms with Crippen LogP contribution in [-0.2, 0) is 25.8 Å². The van der Waals surface area contributed by atoms with Gasteiger partial charge in [0.2, 0.25) is 0 Å². The van der Waals surface area contributed by atoms with Gasteiger partial charge in [-0.15, -0.1) is 11.3 Å². The van der Waals surface area contributed by atoms with E-state index in [9.17, 15) is 18.0 Å². The Bertz CT molecular complexity index is 1270. The molecule has 0 spiro atoms. The third kappa shape index (κ3) is 5.48. The summed E-state index contributed by atoms with van der Waals surface area (Å²) in [7, 11) is -3.53. The number of hydrogen-bond donors (Lipinski definition) is 0. The van der Waals surface area contributed by atoms with Gasteiger partial charge in [-0.2, -0.15) is 4.98 Å². The first-order valence-electron chi connectivity index (χ1n) is 9.25. The Morgan fingerprint density at radius 1 is 1.13 bits per heavy atom. The number of aryl methyl sites for hydroxylation is 1. The summed E-state index contributed by atoms with van der Waals surface area (Å²) >= 11 is 1.25. The molecule has 30 heavy (non-hydrogen) atoms. The minimum absolute atomic E-state index is 0.0539. The van der Waals surface area contributed by atoms with Crippen molar-refractivity contribution in [3.8, 4) is 10.7 Å². The summed E-state index contributed by atoms with van der Waals surface area (Å²) in [6.07, 6.45) is 1.35. The lowest BCUT2D eigenvalue weighted by Gasteiger charge is -2.19. The van der Waals surface area contributed by atoms with Crippen LogP contribution in [0, 0.1) is 0 Å². The first-order chi connectivity index (χ1) is 13.9. The number of hydrogen-bond acceptors (Lipinski definition) is 8. The number of rotatable bonds is 5. The highest BCUT2D eigenvalue weighted by atomic mass is 32.2. The van der Waals surface area contributed by atoms with Crippen LogP contribution in [-0.4, -0.2) is 36.2 Å². The third-order valence-electron chi connectivity index (χ3n) is 4.03. The number of aromatic nitrogens is 2. The lowest BCUT2D eigenvalue weighted by atomic mass is 10.1. The zero-order valence-corrected chi connectivity index (χ0v) is 18.8. The molecule has 0 aliphatic carbocycles. The van der Waals surface area contributed by atoms with E-state index in [0.29, 0.717) is 16.1 Å². The molecule has 2 heterocycles. The normalized spacial score (nSPS) is 12.1. The standard InChI is InChI=1S/C21H22N2O5S2/c1-21(2,3)28-18(24)10-9-13-11-14(30(4,26)27)12-16(22-13)20-23-19(25)15-7-5-6-8-17(15)29-20/h5-8,11-12H,9-10H2,1-4H3. The molecule has 3 rings (SSSR count). The average molecular weight is 447 g/mol. The number of benzene rings is 1. The van der Waals surface area contributed by atoms with Gasteiger partial charge in [0.15, 0.2) is 9.84 Å². The summed E-state index contributed by atoms with van der Waals surface area (Å²) in [4.78, 5) is 33.0. The third-order valence-corrected chi connectivity index (χ3v) is 6.19. The number of carbonyl (C=O) groups excluding carboxylic acids is 1. The van der Waals surface area contributed by atoms with Gasteiger partial charge < -0.3 is 4.74 Å². The lowest BCUT2D eigenvalue weighted by Crippen LogP contribution is -2.24. The van der Waals surface area contributed by atoms with Gasteiger partial charge in [-0.05, 0) is 45.0 Å². The smallest absolute Gasteiger partial charge is 0.306 e. The fourth-order valence-corrected chi connectivity index (χ4v) is 4.39. The van der Waals surface area contributed by atoms with Crippen molar-refractivity contribution in [2.24, 2.45) is 0 Å². The summed E-state index contributed by atoms with van der Waals surface area (Å²) in [5, 5.41) is 0.818. The topological polar surface area (TPSA) is 103 Å². The average Bonchev–Trinajstić information content (AvgIpc) is 2.64. The van der Waals surface area contributed by atoms with E-state index >= 15 is 0 Å². The summed E-state index contributed by atoms with van der Waals surface area (Å²) in [6.45, 7) is 5.33. The molecule has 0 fully saturated rings. The van der Waals surface area contributed by atoms with Crippen LogP contribution in [0.15, 0.2) is 46.1 Å². The second kappa shape index (κ2) is 8.23. The number of ether oxygens (including phenoxy) is 1. The first-order valence-corrected chi connectivity index (χ1v) is 12.0. The van der Waals surface area contributed by atoms with Crippen LogP contribution < -0.4 is 5.56 Å². The van der Waals surface area contributed by atoms with Gasteiger partial charge in [0.05, 0.1) is 16.7 Å². The highest BCUT2D eigenvalue weighted by Gasteiger charge is 2.18. The summed E-state index contributed by atoms with van der Waals surface area (Å²) in [6, 6.07) is 9.91. The minimum Gasteiger partial charge on any atom is -0.460 e. The predicted molar refractivity (Wildman–Crippen MR) is 116 cm³/mol. The van der Waals surface area contributed by atoms with Gasteiger partial charge in [0, 0.05) is 23.1 Å². The fourth-order valence-electron chi connectivity index (χ4n) is 2.76. The minimum atomic E-state index is -3.53. The maximum atomic E-state index is 12.4. The highest BCUT2D eigenvalue weighted by Crippen LogP contribution is 2.27. The van der Waals surface area contributed by atoms with Crippen LogP contribution in [0.5, 0.6) is 0 Å². The molecular formula is C21H22N2O5S2. The number of pyridine rings is 1. The molecule has 9 heteroatoms. The quantitative estimate of drug-likeness (QED) is 0.553. The van der Waals surface area contributed by atoms with Gasteiger partial charge in [0.1, 0.15) is 16.3 Å². The molecule has 0 N–H and O–H groups in total. The zero-order chi connectivity index (χ0) is 22.1. The van der Waals surface area contributed by atoms with Gasteiger partial charge in [-0.1, -0.05) is 12.1 Å². The Morgan fingerprint density at radius 3 is 2.50 bits per heavy atom. The van der Waals surface area contributed by atoms with E-state index in [-0.39, 0.29) is 23.4 Å². The van der Waals surface area contributed by atoms with Crippen molar-refractivity contribution < 1.29 is 17.9 Å². The summed E-state index contributed by atoms with van der Waals surface area (Å²) in [5.74, 6) is -0.399. The van der Waals surface area contributed by atoms with Crippen molar-refractivity contribution in [3.05, 3.63) is 52.4 Å². The molecule has 0 saturated heterocycles. The van der Waals surface area contributed by atoms with Crippen molar-refractivity contribution >= 4 is 37.2 Å². The maximum absolute atomic E-state index is 12.4.